The Kier molecular flexibility index (Phi) is 6.76. The molecule has 4 aromatic carbocycles. The van der Waals surface area contributed by atoms with Crippen molar-refractivity contribution in [3.63, 3.8) is 0 Å². The minimum absolute atomic E-state index is 0.345. The maximum atomic E-state index is 13.8. The molecule has 40 heavy (non-hydrogen) atoms. The molecule has 0 aromatic heterocycles. The molecule has 3 unspecified atom stereocenters. The van der Waals surface area contributed by atoms with Crippen LogP contribution in [0.25, 0.3) is 0 Å². The predicted octanol–water partition coefficient (Wildman–Crippen LogP) is 5.36. The Labute approximate surface area is 231 Å². The number of fused-ring (bicyclic) bond motifs is 1. The molecule has 0 saturated carbocycles. The van der Waals surface area contributed by atoms with Crippen molar-refractivity contribution in [2.75, 3.05) is 16.6 Å². The van der Waals surface area contributed by atoms with Gasteiger partial charge in [0.15, 0.2) is 6.10 Å². The maximum absolute atomic E-state index is 13.8. The molecule has 2 fully saturated rings. The molecule has 200 valence electrons. The summed E-state index contributed by atoms with van der Waals surface area (Å²) in [6.45, 7) is 2.40. The summed E-state index contributed by atoms with van der Waals surface area (Å²) in [6, 6.07) is 31.3. The number of para-hydroxylation sites is 1. The van der Waals surface area contributed by atoms with E-state index in [1.54, 1.807) is 77.9 Å². The van der Waals surface area contributed by atoms with Gasteiger partial charge in [0.25, 0.3) is 5.91 Å². The third-order valence-corrected chi connectivity index (χ3v) is 6.97. The summed E-state index contributed by atoms with van der Waals surface area (Å²) in [6.07, 6.45) is -0.986. The first-order valence-corrected chi connectivity index (χ1v) is 13.0. The highest BCUT2D eigenvalue weighted by Gasteiger charge is 2.60. The quantitative estimate of drug-likeness (QED) is 0.179. The molecule has 2 amide bonds. The Morgan fingerprint density at radius 2 is 1.38 bits per heavy atom. The lowest BCUT2D eigenvalue weighted by Crippen LogP contribution is -2.37. The number of esters is 1. The number of benzene rings is 4. The maximum Gasteiger partial charge on any atom is 0.343 e. The van der Waals surface area contributed by atoms with Crippen molar-refractivity contribution in [3.05, 3.63) is 120 Å². The van der Waals surface area contributed by atoms with Gasteiger partial charge in [-0.25, -0.2) is 14.8 Å². The Hall–Kier alpha value is -4.95. The number of nitrogens with zero attached hydrogens (tertiary/aromatic N) is 2. The molecule has 2 aliphatic rings. The monoisotopic (exact) mass is 534 g/mol. The molecule has 2 aliphatic heterocycles. The van der Waals surface area contributed by atoms with E-state index in [0.717, 1.165) is 11.3 Å². The van der Waals surface area contributed by atoms with Crippen LogP contribution in [0.15, 0.2) is 109 Å². The van der Waals surface area contributed by atoms with E-state index in [-0.39, 0.29) is 5.91 Å². The zero-order valence-corrected chi connectivity index (χ0v) is 21.7. The van der Waals surface area contributed by atoms with Gasteiger partial charge >= 0.3 is 5.97 Å². The molecule has 4 aromatic rings. The Bertz CT molecular complexity index is 1520. The number of carbonyl (C=O) groups excluding carboxylic acids is 3. The van der Waals surface area contributed by atoms with Crippen LogP contribution in [-0.2, 0) is 14.4 Å². The molecule has 0 N–H and O–H groups in total. The highest BCUT2D eigenvalue weighted by Crippen LogP contribution is 2.47. The van der Waals surface area contributed by atoms with Gasteiger partial charge in [0.05, 0.1) is 29.6 Å². The summed E-state index contributed by atoms with van der Waals surface area (Å²) in [5.41, 5.74) is 2.36. The van der Waals surface area contributed by atoms with Gasteiger partial charge in [-0.15, -0.1) is 0 Å². The molecule has 2 saturated heterocycles. The lowest BCUT2D eigenvalue weighted by atomic mass is 9.90. The normalized spacial score (nSPS) is 20.0. The summed E-state index contributed by atoms with van der Waals surface area (Å²) in [4.78, 5) is 47.3. The molecular weight excluding hydrogens is 508 g/mol. The van der Waals surface area contributed by atoms with Crippen molar-refractivity contribution in [2.24, 2.45) is 5.92 Å². The van der Waals surface area contributed by atoms with Crippen LogP contribution in [0.2, 0.25) is 0 Å². The first-order chi connectivity index (χ1) is 19.5. The second kappa shape index (κ2) is 10.7. The minimum atomic E-state index is -0.986. The lowest BCUT2D eigenvalue weighted by Gasteiger charge is -2.28. The zero-order valence-electron chi connectivity index (χ0n) is 21.7. The second-order valence-electron chi connectivity index (χ2n) is 9.42. The van der Waals surface area contributed by atoms with Crippen molar-refractivity contribution in [1.29, 1.82) is 0 Å². The summed E-state index contributed by atoms with van der Waals surface area (Å²) >= 11 is 0. The van der Waals surface area contributed by atoms with Crippen molar-refractivity contribution >= 4 is 29.2 Å². The van der Waals surface area contributed by atoms with E-state index in [1.807, 2.05) is 43.3 Å². The number of rotatable bonds is 7. The second-order valence-corrected chi connectivity index (χ2v) is 9.42. The van der Waals surface area contributed by atoms with E-state index in [9.17, 15) is 14.4 Å². The molecule has 8 nitrogen and oxygen atoms in total. The van der Waals surface area contributed by atoms with Crippen LogP contribution >= 0.6 is 0 Å². The third kappa shape index (κ3) is 4.58. The summed E-state index contributed by atoms with van der Waals surface area (Å²) in [7, 11) is 0. The van der Waals surface area contributed by atoms with Gasteiger partial charge in [0, 0.05) is 0 Å². The summed E-state index contributed by atoms with van der Waals surface area (Å²) < 4.78 is 11.0. The van der Waals surface area contributed by atoms with Gasteiger partial charge in [-0.05, 0) is 73.2 Å². The number of carbonyl (C=O) groups is 3. The van der Waals surface area contributed by atoms with E-state index >= 15 is 0 Å². The van der Waals surface area contributed by atoms with E-state index in [1.165, 1.54) is 4.90 Å². The van der Waals surface area contributed by atoms with Gasteiger partial charge in [0.2, 0.25) is 5.91 Å². The number of ether oxygens (including phenoxy) is 2. The number of hydrogen-bond donors (Lipinski definition) is 0. The lowest BCUT2D eigenvalue weighted by molar-refractivity contribution is -0.126. The first kappa shape index (κ1) is 25.3. The van der Waals surface area contributed by atoms with Crippen LogP contribution in [-0.4, -0.2) is 30.5 Å². The van der Waals surface area contributed by atoms with Gasteiger partial charge in [0.1, 0.15) is 17.4 Å². The smallest absolute Gasteiger partial charge is 0.343 e. The standard InChI is InChI=1S/C32H26N2O6/c1-2-38-25-19-15-23(16-20-25)33-30(35)27-28(34(40-29(27)31(33)36)24-11-7-4-8-12-24)21-13-17-26(18-14-21)39-32(37)22-9-5-3-6-10-22/h3-20,27-29H,2H2,1H3. The first-order valence-electron chi connectivity index (χ1n) is 13.0. The number of hydroxylamine groups is 1. The van der Waals surface area contributed by atoms with Crippen molar-refractivity contribution in [3.8, 4) is 11.5 Å². The van der Waals surface area contributed by atoms with Gasteiger partial charge in [-0.3, -0.25) is 14.4 Å². The highest BCUT2D eigenvalue weighted by molar-refractivity contribution is 6.24. The fourth-order valence-electron chi connectivity index (χ4n) is 5.14. The third-order valence-electron chi connectivity index (χ3n) is 6.97. The SMILES string of the molecule is CCOc1ccc(N2C(=O)C3ON(c4ccccc4)C(c4ccc(OC(=O)c5ccccc5)cc4)C3C2=O)cc1. The molecule has 0 spiro atoms. The molecule has 0 bridgehead atoms. The van der Waals surface area contributed by atoms with Crippen molar-refractivity contribution in [1.82, 2.24) is 0 Å². The zero-order chi connectivity index (χ0) is 27.6. The van der Waals surface area contributed by atoms with Crippen LogP contribution in [0.1, 0.15) is 28.9 Å². The Morgan fingerprint density at radius 3 is 2.02 bits per heavy atom. The molecule has 8 heteroatoms. The fourth-order valence-corrected chi connectivity index (χ4v) is 5.14. The topological polar surface area (TPSA) is 85.4 Å². The van der Waals surface area contributed by atoms with E-state index in [2.05, 4.69) is 0 Å². The van der Waals surface area contributed by atoms with Crippen LogP contribution in [0.4, 0.5) is 11.4 Å². The van der Waals surface area contributed by atoms with Crippen LogP contribution in [0, 0.1) is 5.92 Å². The Balaban J connectivity index is 1.30. The predicted molar refractivity (Wildman–Crippen MR) is 148 cm³/mol. The number of amides is 2. The minimum Gasteiger partial charge on any atom is -0.494 e. The summed E-state index contributed by atoms with van der Waals surface area (Å²) in [5.74, 6) is -0.992. The van der Waals surface area contributed by atoms with E-state index in [4.69, 9.17) is 14.3 Å². The number of imide groups is 1. The molecule has 6 rings (SSSR count). The molecule has 0 aliphatic carbocycles. The van der Waals surface area contributed by atoms with Gasteiger partial charge in [-0.1, -0.05) is 48.5 Å². The van der Waals surface area contributed by atoms with Crippen molar-refractivity contribution < 1.29 is 28.7 Å². The molecular formula is C32H26N2O6. The van der Waals surface area contributed by atoms with Gasteiger partial charge < -0.3 is 9.47 Å². The molecule has 0 radical (unpaired) electrons. The van der Waals surface area contributed by atoms with E-state index in [0.29, 0.717) is 29.4 Å². The molecule has 3 atom stereocenters. The molecule has 2 heterocycles. The number of hydrogen-bond acceptors (Lipinski definition) is 7. The van der Waals surface area contributed by atoms with Crippen LogP contribution in [0.3, 0.4) is 0 Å². The summed E-state index contributed by atoms with van der Waals surface area (Å²) in [5, 5.41) is 1.63. The Morgan fingerprint density at radius 1 is 0.750 bits per heavy atom. The average Bonchev–Trinajstić information content (AvgIpc) is 3.50. The number of anilines is 2. The van der Waals surface area contributed by atoms with Crippen LogP contribution in [0.5, 0.6) is 11.5 Å². The average molecular weight is 535 g/mol. The van der Waals surface area contributed by atoms with Gasteiger partial charge in [-0.2, -0.15) is 0 Å². The van der Waals surface area contributed by atoms with E-state index < -0.39 is 29.9 Å². The fraction of sp³-hybridized carbons (Fsp3) is 0.156. The highest BCUT2D eigenvalue weighted by atomic mass is 16.7. The van der Waals surface area contributed by atoms with Crippen molar-refractivity contribution in [2.45, 2.75) is 19.1 Å². The largest absolute Gasteiger partial charge is 0.494 e. The van der Waals surface area contributed by atoms with Crippen LogP contribution < -0.4 is 19.4 Å².